The Bertz CT molecular complexity index is 1650. The summed E-state index contributed by atoms with van der Waals surface area (Å²) in [5.74, 6) is 0.435. The summed E-state index contributed by atoms with van der Waals surface area (Å²) in [5, 5.41) is 0.360. The lowest BCUT2D eigenvalue weighted by Gasteiger charge is -2.21. The van der Waals surface area contributed by atoms with Gasteiger partial charge in [-0.25, -0.2) is 13.4 Å². The Kier molecular flexibility index (Phi) is 7.76. The minimum absolute atomic E-state index is 0.0818. The largest absolute Gasteiger partial charge is 0.489 e. The lowest BCUT2D eigenvalue weighted by Crippen LogP contribution is -2.30. The molecule has 0 unspecified atom stereocenters. The van der Waals surface area contributed by atoms with E-state index in [4.69, 9.17) is 20.8 Å². The number of halogens is 1. The van der Waals surface area contributed by atoms with Crippen LogP contribution in [0.25, 0.3) is 0 Å². The number of aromatic nitrogens is 1. The topological polar surface area (TPSA) is 89.7 Å². The van der Waals surface area contributed by atoms with Gasteiger partial charge in [0.1, 0.15) is 18.2 Å². The van der Waals surface area contributed by atoms with Gasteiger partial charge in [-0.1, -0.05) is 60.1 Å². The molecular weight excluding hydrogens is 536 g/mol. The van der Waals surface area contributed by atoms with Crippen LogP contribution >= 0.6 is 11.6 Å². The molecule has 0 N–H and O–H groups in total. The van der Waals surface area contributed by atoms with Gasteiger partial charge in [0.2, 0.25) is 14.9 Å². The Hall–Kier alpha value is -4.40. The molecule has 0 fully saturated rings. The van der Waals surface area contributed by atoms with E-state index in [0.717, 1.165) is 11.1 Å². The van der Waals surface area contributed by atoms with Crippen molar-refractivity contribution in [3.05, 3.63) is 137 Å². The van der Waals surface area contributed by atoms with Crippen molar-refractivity contribution < 1.29 is 22.4 Å². The first-order chi connectivity index (χ1) is 18.9. The van der Waals surface area contributed by atoms with E-state index in [9.17, 15) is 13.2 Å². The van der Waals surface area contributed by atoms with E-state index >= 15 is 0 Å². The van der Waals surface area contributed by atoms with Crippen LogP contribution in [-0.2, 0) is 23.0 Å². The maximum Gasteiger partial charge on any atom is 0.295 e. The fourth-order valence-corrected chi connectivity index (χ4v) is 5.14. The van der Waals surface area contributed by atoms with Crippen molar-refractivity contribution in [2.24, 2.45) is 0 Å². The summed E-state index contributed by atoms with van der Waals surface area (Å²) in [7, 11) is -3.91. The second-order valence-electron chi connectivity index (χ2n) is 8.57. The van der Waals surface area contributed by atoms with Gasteiger partial charge in [-0.15, -0.1) is 0 Å². The van der Waals surface area contributed by atoms with Gasteiger partial charge in [0.15, 0.2) is 5.76 Å². The summed E-state index contributed by atoms with van der Waals surface area (Å²) in [6, 6.07) is 30.6. The number of furan rings is 1. The smallest absolute Gasteiger partial charge is 0.295 e. The molecule has 196 valence electrons. The fraction of sp³-hybridized carbons (Fsp3) is 0.0667. The van der Waals surface area contributed by atoms with Gasteiger partial charge >= 0.3 is 0 Å². The first-order valence-electron chi connectivity index (χ1n) is 12.0. The number of carbonyl (C=O) groups excluding carboxylic acids is 1. The highest BCUT2D eigenvalue weighted by Gasteiger charge is 2.27. The molecule has 5 aromatic rings. The SMILES string of the molecule is O=C(c1ccc(S(=O)(=O)c2ccccc2)o1)N(Cc1ccc(OCc2ccc(Cl)cc2)cc1)c1ccccn1. The van der Waals surface area contributed by atoms with Crippen molar-refractivity contribution in [3.63, 3.8) is 0 Å². The van der Waals surface area contributed by atoms with Gasteiger partial charge < -0.3 is 9.15 Å². The molecule has 3 aromatic carbocycles. The van der Waals surface area contributed by atoms with Gasteiger partial charge in [0.25, 0.3) is 5.91 Å². The van der Waals surface area contributed by atoms with Gasteiger partial charge in [-0.05, 0) is 71.8 Å². The third-order valence-electron chi connectivity index (χ3n) is 5.86. The Balaban J connectivity index is 1.34. The van der Waals surface area contributed by atoms with Gasteiger partial charge in [0, 0.05) is 11.2 Å². The van der Waals surface area contributed by atoms with Crippen LogP contribution in [-0.4, -0.2) is 19.3 Å². The molecule has 39 heavy (non-hydrogen) atoms. The molecule has 0 bridgehead atoms. The Morgan fingerprint density at radius 3 is 2.21 bits per heavy atom. The molecule has 0 radical (unpaired) electrons. The first-order valence-corrected chi connectivity index (χ1v) is 13.9. The highest BCUT2D eigenvalue weighted by Crippen LogP contribution is 2.26. The summed E-state index contributed by atoms with van der Waals surface area (Å²) in [5.41, 5.74) is 1.80. The van der Waals surface area contributed by atoms with E-state index in [-0.39, 0.29) is 22.3 Å². The van der Waals surface area contributed by atoms with Crippen LogP contribution in [0.3, 0.4) is 0 Å². The maximum atomic E-state index is 13.5. The number of hydrogen-bond donors (Lipinski definition) is 0. The van der Waals surface area contributed by atoms with Gasteiger partial charge in [-0.3, -0.25) is 9.69 Å². The number of benzene rings is 3. The van der Waals surface area contributed by atoms with Crippen LogP contribution in [0.5, 0.6) is 5.75 Å². The molecule has 0 aliphatic rings. The first kappa shape index (κ1) is 26.2. The van der Waals surface area contributed by atoms with E-state index in [1.807, 2.05) is 48.5 Å². The summed E-state index contributed by atoms with van der Waals surface area (Å²) in [6.45, 7) is 0.566. The van der Waals surface area contributed by atoms with Crippen LogP contribution < -0.4 is 9.64 Å². The van der Waals surface area contributed by atoms with Crippen molar-refractivity contribution in [2.75, 3.05) is 4.90 Å². The zero-order chi connectivity index (χ0) is 27.2. The van der Waals surface area contributed by atoms with Crippen LogP contribution in [0.2, 0.25) is 5.02 Å². The number of sulfone groups is 1. The summed E-state index contributed by atoms with van der Waals surface area (Å²) in [6.07, 6.45) is 1.58. The fourth-order valence-electron chi connectivity index (χ4n) is 3.82. The summed E-state index contributed by atoms with van der Waals surface area (Å²) >= 11 is 5.93. The standard InChI is InChI=1S/C30H23ClN2O5S/c31-24-13-9-23(10-14-24)21-37-25-15-11-22(12-16-25)20-33(28-8-4-5-19-32-28)30(34)27-17-18-29(38-27)39(35,36)26-6-2-1-3-7-26/h1-19H,20-21H2. The number of rotatable bonds is 9. The van der Waals surface area contributed by atoms with Crippen molar-refractivity contribution >= 4 is 33.2 Å². The molecule has 0 saturated heterocycles. The Labute approximate surface area is 231 Å². The zero-order valence-electron chi connectivity index (χ0n) is 20.6. The minimum Gasteiger partial charge on any atom is -0.489 e. The Morgan fingerprint density at radius 1 is 0.821 bits per heavy atom. The number of pyridine rings is 1. The van der Waals surface area contributed by atoms with E-state index in [1.54, 1.807) is 42.6 Å². The number of carbonyl (C=O) groups is 1. The summed E-state index contributed by atoms with van der Waals surface area (Å²) in [4.78, 5) is 19.4. The second kappa shape index (κ2) is 11.6. The maximum absolute atomic E-state index is 13.5. The molecule has 2 heterocycles. The third kappa shape index (κ3) is 6.19. The number of amides is 1. The second-order valence-corrected chi connectivity index (χ2v) is 10.9. The van der Waals surface area contributed by atoms with Crippen molar-refractivity contribution in [1.29, 1.82) is 0 Å². The van der Waals surface area contributed by atoms with E-state index in [0.29, 0.717) is 23.2 Å². The van der Waals surface area contributed by atoms with E-state index < -0.39 is 15.7 Å². The van der Waals surface area contributed by atoms with Crippen LogP contribution in [0.1, 0.15) is 21.7 Å². The molecule has 0 spiro atoms. The van der Waals surface area contributed by atoms with Crippen LogP contribution in [0, 0.1) is 0 Å². The molecular formula is C30H23ClN2O5S. The molecule has 0 aliphatic carbocycles. The number of anilines is 1. The molecule has 9 heteroatoms. The third-order valence-corrected chi connectivity index (χ3v) is 7.76. The minimum atomic E-state index is -3.91. The molecule has 2 aromatic heterocycles. The summed E-state index contributed by atoms with van der Waals surface area (Å²) < 4.78 is 37.3. The lowest BCUT2D eigenvalue weighted by atomic mass is 10.2. The lowest BCUT2D eigenvalue weighted by molar-refractivity contribution is 0.0952. The highest BCUT2D eigenvalue weighted by atomic mass is 35.5. The van der Waals surface area contributed by atoms with Crippen LogP contribution in [0.15, 0.2) is 130 Å². The predicted octanol–water partition coefficient (Wildman–Crippen LogP) is 6.59. The van der Waals surface area contributed by atoms with E-state index in [2.05, 4.69) is 4.98 Å². The van der Waals surface area contributed by atoms with Crippen molar-refractivity contribution in [3.8, 4) is 5.75 Å². The molecule has 5 rings (SSSR count). The number of hydrogen-bond acceptors (Lipinski definition) is 6. The highest BCUT2D eigenvalue weighted by molar-refractivity contribution is 7.91. The molecule has 0 saturated carbocycles. The molecule has 7 nitrogen and oxygen atoms in total. The average Bonchev–Trinajstić information content (AvgIpc) is 3.48. The van der Waals surface area contributed by atoms with Crippen molar-refractivity contribution in [2.45, 2.75) is 23.1 Å². The predicted molar refractivity (Wildman–Crippen MR) is 148 cm³/mol. The Morgan fingerprint density at radius 2 is 1.51 bits per heavy atom. The molecule has 1 amide bonds. The zero-order valence-corrected chi connectivity index (χ0v) is 22.2. The van der Waals surface area contributed by atoms with Gasteiger partial charge in [-0.2, -0.15) is 0 Å². The van der Waals surface area contributed by atoms with Gasteiger partial charge in [0.05, 0.1) is 11.4 Å². The molecule has 0 aliphatic heterocycles. The monoisotopic (exact) mass is 558 g/mol. The number of ether oxygens (including phenoxy) is 1. The normalized spacial score (nSPS) is 11.2. The van der Waals surface area contributed by atoms with Crippen LogP contribution in [0.4, 0.5) is 5.82 Å². The average molecular weight is 559 g/mol. The molecule has 0 atom stereocenters. The quantitative estimate of drug-likeness (QED) is 0.203. The van der Waals surface area contributed by atoms with Crippen molar-refractivity contribution in [1.82, 2.24) is 4.98 Å². The number of nitrogens with zero attached hydrogens (tertiary/aromatic N) is 2. The van der Waals surface area contributed by atoms with E-state index in [1.165, 1.54) is 29.2 Å².